The Morgan fingerprint density at radius 1 is 0.816 bits per heavy atom. The molecular weight excluding hydrogens is 559 g/mol. The SMILES string of the molecule is O=C(O)CC(Sc1cccc([AsH]C(=O)c2cccc(NC(=O)NCc3ccccc3)c2)c1)c1ccccc1. The molecule has 0 saturated carbocycles. The molecule has 6 nitrogen and oxygen atoms in total. The van der Waals surface area contributed by atoms with Crippen LogP contribution < -0.4 is 15.0 Å². The second-order valence-electron chi connectivity index (χ2n) is 8.47. The van der Waals surface area contributed by atoms with Gasteiger partial charge in [0.15, 0.2) is 0 Å². The van der Waals surface area contributed by atoms with Crippen LogP contribution in [0.2, 0.25) is 0 Å². The van der Waals surface area contributed by atoms with Crippen LogP contribution in [0.15, 0.2) is 114 Å². The van der Waals surface area contributed by atoms with E-state index < -0.39 is 21.7 Å². The van der Waals surface area contributed by atoms with Crippen LogP contribution in [-0.2, 0) is 11.3 Å². The van der Waals surface area contributed by atoms with Crippen LogP contribution in [0.4, 0.5) is 10.5 Å². The van der Waals surface area contributed by atoms with Gasteiger partial charge in [-0.25, -0.2) is 0 Å². The number of hydrogen-bond donors (Lipinski definition) is 3. The van der Waals surface area contributed by atoms with Crippen LogP contribution in [0.3, 0.4) is 0 Å². The van der Waals surface area contributed by atoms with Crippen molar-refractivity contribution in [2.45, 2.75) is 23.1 Å². The summed E-state index contributed by atoms with van der Waals surface area (Å²) in [4.78, 5) is 37.8. The number of thioether (sulfide) groups is 1. The van der Waals surface area contributed by atoms with Crippen LogP contribution in [-0.4, -0.2) is 37.4 Å². The van der Waals surface area contributed by atoms with E-state index in [0.717, 1.165) is 20.4 Å². The summed E-state index contributed by atoms with van der Waals surface area (Å²) < 4.78 is 1.01. The summed E-state index contributed by atoms with van der Waals surface area (Å²) in [6.07, 6.45) is 0.00679. The summed E-state index contributed by atoms with van der Waals surface area (Å²) in [5, 5.41) is 14.8. The van der Waals surface area contributed by atoms with E-state index in [9.17, 15) is 19.5 Å². The molecule has 0 aromatic heterocycles. The molecule has 0 fully saturated rings. The molecule has 0 saturated heterocycles. The summed E-state index contributed by atoms with van der Waals surface area (Å²) in [7, 11) is 0. The first kappa shape index (κ1) is 27.2. The number of hydrogen-bond acceptors (Lipinski definition) is 4. The molecule has 38 heavy (non-hydrogen) atoms. The molecule has 2 unspecified atom stereocenters. The third-order valence-corrected chi connectivity index (χ3v) is 9.17. The van der Waals surface area contributed by atoms with Gasteiger partial charge in [0.25, 0.3) is 0 Å². The van der Waals surface area contributed by atoms with Crippen molar-refractivity contribution in [2.75, 3.05) is 5.32 Å². The van der Waals surface area contributed by atoms with E-state index >= 15 is 0 Å². The molecule has 4 aromatic carbocycles. The molecule has 0 spiro atoms. The second-order valence-corrected chi connectivity index (χ2v) is 12.4. The van der Waals surface area contributed by atoms with Crippen LogP contribution >= 0.6 is 11.8 Å². The van der Waals surface area contributed by atoms with E-state index in [-0.39, 0.29) is 22.3 Å². The van der Waals surface area contributed by atoms with E-state index in [0.29, 0.717) is 17.8 Å². The van der Waals surface area contributed by atoms with Gasteiger partial charge in [0, 0.05) is 0 Å². The number of carbonyl (C=O) groups is 3. The molecule has 0 aliphatic rings. The average molecular weight is 587 g/mol. The number of benzene rings is 4. The molecule has 4 aromatic rings. The topological polar surface area (TPSA) is 95.5 Å². The molecule has 192 valence electrons. The number of urea groups is 1. The van der Waals surface area contributed by atoms with Gasteiger partial charge in [-0.2, -0.15) is 0 Å². The Bertz CT molecular complexity index is 1400. The van der Waals surface area contributed by atoms with E-state index in [1.165, 1.54) is 11.8 Å². The summed E-state index contributed by atoms with van der Waals surface area (Å²) in [5.41, 5.74) is 3.05. The van der Waals surface area contributed by atoms with Crippen LogP contribution in [0.1, 0.15) is 33.2 Å². The first-order valence-electron chi connectivity index (χ1n) is 12.0. The van der Waals surface area contributed by atoms with Gasteiger partial charge >= 0.3 is 233 Å². The molecule has 0 heterocycles. The maximum absolute atomic E-state index is 13.1. The molecule has 0 aliphatic carbocycles. The van der Waals surface area contributed by atoms with Crippen molar-refractivity contribution in [3.05, 3.63) is 126 Å². The van der Waals surface area contributed by atoms with Gasteiger partial charge in [-0.3, -0.25) is 0 Å². The van der Waals surface area contributed by atoms with E-state index in [1.807, 2.05) is 84.9 Å². The molecule has 4 rings (SSSR count). The van der Waals surface area contributed by atoms with Crippen LogP contribution in [0.25, 0.3) is 0 Å². The first-order chi connectivity index (χ1) is 18.5. The Balaban J connectivity index is 1.38. The fraction of sp³-hybridized carbons (Fsp3) is 0.100. The number of amides is 2. The first-order valence-corrected chi connectivity index (χ1v) is 15.0. The van der Waals surface area contributed by atoms with Crippen molar-refractivity contribution >= 4 is 54.1 Å². The van der Waals surface area contributed by atoms with Crippen LogP contribution in [0.5, 0.6) is 0 Å². The Kier molecular flexibility index (Phi) is 9.79. The Labute approximate surface area is 232 Å². The molecule has 3 N–H and O–H groups in total. The van der Waals surface area contributed by atoms with Crippen molar-refractivity contribution < 1.29 is 19.5 Å². The predicted molar refractivity (Wildman–Crippen MR) is 154 cm³/mol. The van der Waals surface area contributed by atoms with Gasteiger partial charge in [-0.1, -0.05) is 0 Å². The molecule has 0 bridgehead atoms. The summed E-state index contributed by atoms with van der Waals surface area (Å²) in [6, 6.07) is 33.6. The van der Waals surface area contributed by atoms with E-state index in [4.69, 9.17) is 0 Å². The van der Waals surface area contributed by atoms with Crippen LogP contribution in [0, 0.1) is 0 Å². The zero-order chi connectivity index (χ0) is 26.7. The van der Waals surface area contributed by atoms with Gasteiger partial charge in [0.2, 0.25) is 0 Å². The zero-order valence-corrected chi connectivity index (χ0v) is 23.4. The van der Waals surface area contributed by atoms with Gasteiger partial charge in [0.05, 0.1) is 0 Å². The number of carboxylic acids is 1. The van der Waals surface area contributed by atoms with E-state index in [1.54, 1.807) is 24.3 Å². The number of rotatable bonds is 11. The van der Waals surface area contributed by atoms with Gasteiger partial charge in [-0.15, -0.1) is 0 Å². The van der Waals surface area contributed by atoms with Crippen molar-refractivity contribution in [1.82, 2.24) is 5.32 Å². The minimum atomic E-state index is -1.16. The third kappa shape index (κ3) is 8.37. The quantitative estimate of drug-likeness (QED) is 0.166. The Hall–Kier alpha value is -3.80. The Morgan fingerprint density at radius 2 is 1.53 bits per heavy atom. The number of carboxylic acid groups (broad SMARTS) is 1. The summed E-state index contributed by atoms with van der Waals surface area (Å²) in [6.45, 7) is 0.406. The van der Waals surface area contributed by atoms with Crippen molar-refractivity contribution in [3.8, 4) is 0 Å². The van der Waals surface area contributed by atoms with E-state index in [2.05, 4.69) is 10.6 Å². The average Bonchev–Trinajstić information content (AvgIpc) is 2.93. The van der Waals surface area contributed by atoms with Crippen molar-refractivity contribution in [2.24, 2.45) is 0 Å². The molecule has 0 aliphatic heterocycles. The fourth-order valence-electron chi connectivity index (χ4n) is 3.76. The van der Waals surface area contributed by atoms with Gasteiger partial charge in [0.1, 0.15) is 0 Å². The zero-order valence-electron chi connectivity index (χ0n) is 20.5. The molecule has 0 radical (unpaired) electrons. The van der Waals surface area contributed by atoms with Gasteiger partial charge in [-0.05, 0) is 0 Å². The third-order valence-electron chi connectivity index (χ3n) is 5.58. The molecule has 2 atom stereocenters. The summed E-state index contributed by atoms with van der Waals surface area (Å²) >= 11 is 0.333. The number of aliphatic carboxylic acids is 1. The molecule has 8 heteroatoms. The fourth-order valence-corrected chi connectivity index (χ4v) is 7.21. The number of anilines is 1. The number of nitrogens with one attached hydrogen (secondary N) is 2. The monoisotopic (exact) mass is 586 g/mol. The second kappa shape index (κ2) is 13.7. The maximum atomic E-state index is 13.1. The number of carbonyl (C=O) groups excluding carboxylic acids is 2. The van der Waals surface area contributed by atoms with Gasteiger partial charge < -0.3 is 0 Å². The Morgan fingerprint density at radius 3 is 2.26 bits per heavy atom. The van der Waals surface area contributed by atoms with Crippen molar-refractivity contribution in [3.63, 3.8) is 0 Å². The normalized spacial score (nSPS) is 11.7. The molecule has 2 amide bonds. The standard InChI is InChI=1S/C30H27AsN2O4S/c34-28(35)19-27(22-11-5-2-6-12-22)38-26-16-8-14-24(18-26)31-29(36)23-13-7-15-25(17-23)33-30(37)32-20-21-9-3-1-4-10-21/h1-18,27,31H,19-20H2,(H,34,35)(H2,32,33,37). The summed E-state index contributed by atoms with van der Waals surface area (Å²) in [5.74, 6) is -0.853. The minimum absolute atomic E-state index is 0.00679. The van der Waals surface area contributed by atoms with Crippen molar-refractivity contribution in [1.29, 1.82) is 0 Å². The molecular formula is C30H27AsN2O4S. The predicted octanol–water partition coefficient (Wildman–Crippen LogP) is 5.22.